The lowest BCUT2D eigenvalue weighted by atomic mass is 10.1. The number of ether oxygens (including phenoxy) is 1. The minimum Gasteiger partial charge on any atom is -0.497 e. The van der Waals surface area contributed by atoms with Crippen LogP contribution in [0.25, 0.3) is 21.5 Å². The first-order valence-corrected chi connectivity index (χ1v) is 9.20. The fraction of sp³-hybridized carbons (Fsp3) is 0.333. The quantitative estimate of drug-likeness (QED) is 0.706. The molecule has 8 heteroatoms. The molecule has 0 atom stereocenters. The molecule has 1 aliphatic rings. The van der Waals surface area contributed by atoms with E-state index < -0.39 is 0 Å². The summed E-state index contributed by atoms with van der Waals surface area (Å²) < 4.78 is 10.8. The van der Waals surface area contributed by atoms with Crippen molar-refractivity contribution in [3.63, 3.8) is 0 Å². The highest BCUT2D eigenvalue weighted by Crippen LogP contribution is 2.34. The fourth-order valence-electron chi connectivity index (χ4n) is 3.15. The number of nitrogens with zero attached hydrogens (tertiary/aromatic N) is 5. The van der Waals surface area contributed by atoms with E-state index in [2.05, 4.69) is 19.2 Å². The SMILES string of the molecule is COc1ccc(-c2nsc3c(N4CCN(C(C)=O)CC4)ncnc23)cc1. The fourth-order valence-corrected chi connectivity index (χ4v) is 4.02. The third-order valence-corrected chi connectivity index (χ3v) is 5.46. The molecule has 0 aliphatic carbocycles. The molecule has 4 rings (SSSR count). The van der Waals surface area contributed by atoms with E-state index in [1.54, 1.807) is 20.4 Å². The predicted octanol–water partition coefficient (Wildman–Crippen LogP) is 2.43. The number of hydrogen-bond acceptors (Lipinski definition) is 7. The third kappa shape index (κ3) is 2.96. The summed E-state index contributed by atoms with van der Waals surface area (Å²) in [5.41, 5.74) is 2.72. The molecule has 7 nitrogen and oxygen atoms in total. The molecule has 3 heterocycles. The Hall–Kier alpha value is -2.74. The Balaban J connectivity index is 1.66. The molecule has 0 N–H and O–H groups in total. The van der Waals surface area contributed by atoms with E-state index in [4.69, 9.17) is 4.74 Å². The van der Waals surface area contributed by atoms with Crippen LogP contribution in [0.3, 0.4) is 0 Å². The van der Waals surface area contributed by atoms with E-state index in [1.165, 1.54) is 11.5 Å². The summed E-state index contributed by atoms with van der Waals surface area (Å²) in [5, 5.41) is 0. The van der Waals surface area contributed by atoms with Gasteiger partial charge in [0, 0.05) is 38.7 Å². The number of hydrogen-bond donors (Lipinski definition) is 0. The van der Waals surface area contributed by atoms with Gasteiger partial charge in [0.25, 0.3) is 0 Å². The summed E-state index contributed by atoms with van der Waals surface area (Å²) in [6.07, 6.45) is 1.59. The lowest BCUT2D eigenvalue weighted by Crippen LogP contribution is -2.48. The summed E-state index contributed by atoms with van der Waals surface area (Å²) in [7, 11) is 1.65. The van der Waals surface area contributed by atoms with Crippen LogP contribution in [0.2, 0.25) is 0 Å². The average molecular weight is 369 g/mol. The predicted molar refractivity (Wildman–Crippen MR) is 102 cm³/mol. The van der Waals surface area contributed by atoms with Crippen LogP contribution >= 0.6 is 11.5 Å². The maximum Gasteiger partial charge on any atom is 0.219 e. The van der Waals surface area contributed by atoms with E-state index >= 15 is 0 Å². The molecule has 1 amide bonds. The Bertz CT molecular complexity index is 932. The molecule has 0 saturated carbocycles. The first-order valence-electron chi connectivity index (χ1n) is 8.42. The zero-order chi connectivity index (χ0) is 18.1. The van der Waals surface area contributed by atoms with E-state index in [9.17, 15) is 4.79 Å². The minimum atomic E-state index is 0.122. The summed E-state index contributed by atoms with van der Waals surface area (Å²) >= 11 is 1.42. The van der Waals surface area contributed by atoms with Crippen molar-refractivity contribution in [2.45, 2.75) is 6.92 Å². The summed E-state index contributed by atoms with van der Waals surface area (Å²) in [5.74, 6) is 1.83. The van der Waals surface area contributed by atoms with Crippen LogP contribution in [0.1, 0.15) is 6.92 Å². The van der Waals surface area contributed by atoms with Gasteiger partial charge in [0.2, 0.25) is 5.91 Å². The van der Waals surface area contributed by atoms with Crippen molar-refractivity contribution in [2.24, 2.45) is 0 Å². The number of carbonyl (C=O) groups excluding carboxylic acids is 1. The third-order valence-electron chi connectivity index (χ3n) is 4.63. The van der Waals surface area contributed by atoms with Crippen LogP contribution < -0.4 is 9.64 Å². The zero-order valence-electron chi connectivity index (χ0n) is 14.7. The average Bonchev–Trinajstić information content (AvgIpc) is 3.12. The smallest absolute Gasteiger partial charge is 0.219 e. The number of amides is 1. The van der Waals surface area contributed by atoms with Crippen molar-refractivity contribution in [3.05, 3.63) is 30.6 Å². The Labute approximate surface area is 155 Å². The van der Waals surface area contributed by atoms with E-state index in [1.807, 2.05) is 29.2 Å². The number of methoxy groups -OCH3 is 1. The van der Waals surface area contributed by atoms with E-state index in [0.29, 0.717) is 13.1 Å². The van der Waals surface area contributed by atoms with Crippen LogP contribution in [0.4, 0.5) is 5.82 Å². The molecule has 1 saturated heterocycles. The van der Waals surface area contributed by atoms with Crippen molar-refractivity contribution in [2.75, 3.05) is 38.2 Å². The maximum absolute atomic E-state index is 11.5. The minimum absolute atomic E-state index is 0.122. The molecule has 0 unspecified atom stereocenters. The standard InChI is InChI=1S/C18H19N5O2S/c1-12(24)22-7-9-23(10-8-22)18-17-16(19-11-20-18)15(21-26-17)13-3-5-14(25-2)6-4-13/h3-6,11H,7-10H2,1-2H3. The molecule has 26 heavy (non-hydrogen) atoms. The van der Waals surface area contributed by atoms with Gasteiger partial charge in [0.15, 0.2) is 5.82 Å². The first kappa shape index (κ1) is 16.7. The molecule has 0 spiro atoms. The van der Waals surface area contributed by atoms with Crippen molar-refractivity contribution in [3.8, 4) is 17.0 Å². The Morgan fingerprint density at radius 2 is 1.85 bits per heavy atom. The van der Waals surface area contributed by atoms with Crippen molar-refractivity contribution < 1.29 is 9.53 Å². The lowest BCUT2D eigenvalue weighted by Gasteiger charge is -2.34. The van der Waals surface area contributed by atoms with Gasteiger partial charge in [-0.05, 0) is 35.8 Å². The second-order valence-corrected chi connectivity index (χ2v) is 6.90. The topological polar surface area (TPSA) is 71.5 Å². The summed E-state index contributed by atoms with van der Waals surface area (Å²) in [6.45, 7) is 4.57. The molecule has 1 aliphatic heterocycles. The van der Waals surface area contributed by atoms with Gasteiger partial charge < -0.3 is 14.5 Å². The highest BCUT2D eigenvalue weighted by molar-refractivity contribution is 7.14. The Morgan fingerprint density at radius 1 is 1.12 bits per heavy atom. The highest BCUT2D eigenvalue weighted by atomic mass is 32.1. The second-order valence-electron chi connectivity index (χ2n) is 6.13. The first-order chi connectivity index (χ1) is 12.7. The van der Waals surface area contributed by atoms with E-state index in [0.717, 1.165) is 46.1 Å². The maximum atomic E-state index is 11.5. The number of anilines is 1. The van der Waals surface area contributed by atoms with Gasteiger partial charge in [0.1, 0.15) is 28.0 Å². The van der Waals surface area contributed by atoms with E-state index in [-0.39, 0.29) is 5.91 Å². The van der Waals surface area contributed by atoms with Crippen molar-refractivity contribution in [1.29, 1.82) is 0 Å². The van der Waals surface area contributed by atoms with Crippen LogP contribution in [0, 0.1) is 0 Å². The monoisotopic (exact) mass is 369 g/mol. The zero-order valence-corrected chi connectivity index (χ0v) is 15.5. The van der Waals surface area contributed by atoms with Crippen molar-refractivity contribution >= 4 is 33.5 Å². The summed E-state index contributed by atoms with van der Waals surface area (Å²) in [4.78, 5) is 24.6. The number of piperazine rings is 1. The van der Waals surface area contributed by atoms with Gasteiger partial charge in [-0.1, -0.05) is 0 Å². The van der Waals surface area contributed by atoms with Crippen LogP contribution in [-0.2, 0) is 4.79 Å². The molecule has 1 aromatic carbocycles. The van der Waals surface area contributed by atoms with Gasteiger partial charge >= 0.3 is 0 Å². The largest absolute Gasteiger partial charge is 0.497 e. The van der Waals surface area contributed by atoms with Crippen molar-refractivity contribution in [1.82, 2.24) is 19.2 Å². The molecular weight excluding hydrogens is 350 g/mol. The molecule has 2 aromatic heterocycles. The number of fused-ring (bicyclic) bond motifs is 1. The molecule has 0 radical (unpaired) electrons. The number of rotatable bonds is 3. The van der Waals surface area contributed by atoms with Crippen LogP contribution in [0.5, 0.6) is 5.75 Å². The van der Waals surface area contributed by atoms with Gasteiger partial charge in [-0.25, -0.2) is 9.97 Å². The normalized spacial score (nSPS) is 14.7. The summed E-state index contributed by atoms with van der Waals surface area (Å²) in [6, 6.07) is 7.81. The van der Waals surface area contributed by atoms with Gasteiger partial charge in [-0.15, -0.1) is 0 Å². The molecule has 1 fully saturated rings. The Morgan fingerprint density at radius 3 is 2.50 bits per heavy atom. The number of aromatic nitrogens is 3. The number of benzene rings is 1. The van der Waals surface area contributed by atoms with Crippen LogP contribution in [0.15, 0.2) is 30.6 Å². The van der Waals surface area contributed by atoms with Crippen LogP contribution in [-0.4, -0.2) is 58.4 Å². The number of carbonyl (C=O) groups is 1. The van der Waals surface area contributed by atoms with Gasteiger partial charge in [-0.3, -0.25) is 4.79 Å². The lowest BCUT2D eigenvalue weighted by molar-refractivity contribution is -0.129. The molecule has 3 aromatic rings. The molecular formula is C18H19N5O2S. The van der Waals surface area contributed by atoms with Gasteiger partial charge in [-0.2, -0.15) is 4.37 Å². The molecule has 134 valence electrons. The molecule has 0 bridgehead atoms. The second kappa shape index (κ2) is 6.87. The van der Waals surface area contributed by atoms with Gasteiger partial charge in [0.05, 0.1) is 7.11 Å². The Kier molecular flexibility index (Phi) is 4.42. The highest BCUT2D eigenvalue weighted by Gasteiger charge is 2.23.